The highest BCUT2D eigenvalue weighted by molar-refractivity contribution is 8.00. The van der Waals surface area contributed by atoms with Crippen molar-refractivity contribution < 1.29 is 9.18 Å². The van der Waals surface area contributed by atoms with Gasteiger partial charge in [-0.3, -0.25) is 9.36 Å². The van der Waals surface area contributed by atoms with Crippen molar-refractivity contribution in [3.63, 3.8) is 0 Å². The molecule has 1 aromatic carbocycles. The minimum atomic E-state index is -0.386. The van der Waals surface area contributed by atoms with Crippen molar-refractivity contribution in [3.05, 3.63) is 46.1 Å². The number of carbonyl (C=O) groups excluding carboxylic acids is 1. The van der Waals surface area contributed by atoms with Crippen molar-refractivity contribution in [1.82, 2.24) is 20.1 Å². The van der Waals surface area contributed by atoms with E-state index in [0.717, 1.165) is 18.4 Å². The van der Waals surface area contributed by atoms with Gasteiger partial charge in [0.1, 0.15) is 5.82 Å². The number of aromatic amines is 1. The summed E-state index contributed by atoms with van der Waals surface area (Å²) in [4.78, 5) is 23.9. The summed E-state index contributed by atoms with van der Waals surface area (Å²) in [5, 5.41) is 9.39. The second-order valence-corrected chi connectivity index (χ2v) is 6.82. The second-order valence-electron chi connectivity index (χ2n) is 5.52. The van der Waals surface area contributed by atoms with Gasteiger partial charge in [0.15, 0.2) is 5.16 Å². The van der Waals surface area contributed by atoms with Crippen LogP contribution in [-0.4, -0.2) is 25.9 Å². The number of aromatic nitrogens is 3. The maximum Gasteiger partial charge on any atom is 0.344 e. The van der Waals surface area contributed by atoms with Crippen LogP contribution in [0.5, 0.6) is 0 Å². The quantitative estimate of drug-likeness (QED) is 0.789. The molecule has 1 atom stereocenters. The standard InChI is InChI=1S/C15H17FN4O2S/c1-9(13(21)17-8-10-2-4-11(16)5-3-10)23-15-19-18-14(22)20(15)12-6-7-12/h2-5,9,12H,6-8H2,1H3,(H,17,21)(H,18,22)/t9-/m0/s1. The van der Waals surface area contributed by atoms with E-state index in [9.17, 15) is 14.0 Å². The van der Waals surface area contributed by atoms with Crippen LogP contribution in [0.25, 0.3) is 0 Å². The van der Waals surface area contributed by atoms with Crippen LogP contribution in [-0.2, 0) is 11.3 Å². The van der Waals surface area contributed by atoms with E-state index in [-0.39, 0.29) is 28.7 Å². The molecule has 1 saturated carbocycles. The van der Waals surface area contributed by atoms with Crippen LogP contribution < -0.4 is 11.0 Å². The number of carbonyl (C=O) groups is 1. The highest BCUT2D eigenvalue weighted by atomic mass is 32.2. The van der Waals surface area contributed by atoms with Crippen molar-refractivity contribution in [1.29, 1.82) is 0 Å². The molecule has 1 fully saturated rings. The summed E-state index contributed by atoms with van der Waals surface area (Å²) in [5.41, 5.74) is 0.598. The summed E-state index contributed by atoms with van der Waals surface area (Å²) in [6.45, 7) is 2.10. The van der Waals surface area contributed by atoms with Crippen LogP contribution in [0.1, 0.15) is 31.4 Å². The molecule has 122 valence electrons. The van der Waals surface area contributed by atoms with Gasteiger partial charge in [0.05, 0.1) is 5.25 Å². The second kappa shape index (κ2) is 6.57. The molecule has 23 heavy (non-hydrogen) atoms. The Balaban J connectivity index is 1.57. The number of rotatable bonds is 6. The van der Waals surface area contributed by atoms with Gasteiger partial charge in [-0.15, -0.1) is 5.10 Å². The molecular weight excluding hydrogens is 319 g/mol. The fraction of sp³-hybridized carbons (Fsp3) is 0.400. The highest BCUT2D eigenvalue weighted by Crippen LogP contribution is 2.36. The van der Waals surface area contributed by atoms with E-state index in [1.54, 1.807) is 23.6 Å². The molecule has 2 N–H and O–H groups in total. The maximum atomic E-state index is 12.8. The Morgan fingerprint density at radius 3 is 2.83 bits per heavy atom. The number of nitrogens with one attached hydrogen (secondary N) is 2. The van der Waals surface area contributed by atoms with E-state index in [1.807, 2.05) is 0 Å². The fourth-order valence-electron chi connectivity index (χ4n) is 2.17. The van der Waals surface area contributed by atoms with Gasteiger partial charge in [-0.05, 0) is 37.5 Å². The molecule has 0 spiro atoms. The first-order valence-corrected chi connectivity index (χ1v) is 8.28. The molecule has 1 aromatic heterocycles. The lowest BCUT2D eigenvalue weighted by Crippen LogP contribution is -2.30. The molecule has 1 aliphatic carbocycles. The predicted molar refractivity (Wildman–Crippen MR) is 84.7 cm³/mol. The Labute approximate surface area is 136 Å². The van der Waals surface area contributed by atoms with Gasteiger partial charge in [0.25, 0.3) is 0 Å². The lowest BCUT2D eigenvalue weighted by molar-refractivity contribution is -0.120. The van der Waals surface area contributed by atoms with Crippen molar-refractivity contribution >= 4 is 17.7 Å². The normalized spacial score (nSPS) is 15.4. The molecule has 8 heteroatoms. The third-order valence-corrected chi connectivity index (χ3v) is 4.68. The topological polar surface area (TPSA) is 79.8 Å². The number of nitrogens with zero attached hydrogens (tertiary/aromatic N) is 2. The monoisotopic (exact) mass is 336 g/mol. The van der Waals surface area contributed by atoms with Gasteiger partial charge in [-0.2, -0.15) is 0 Å². The molecule has 0 bridgehead atoms. The molecule has 1 aliphatic rings. The lowest BCUT2D eigenvalue weighted by Gasteiger charge is -2.12. The molecular formula is C15H17FN4O2S. The Morgan fingerprint density at radius 2 is 2.17 bits per heavy atom. The molecule has 0 aliphatic heterocycles. The van der Waals surface area contributed by atoms with E-state index in [4.69, 9.17) is 0 Å². The van der Waals surface area contributed by atoms with E-state index in [1.165, 1.54) is 23.9 Å². The Morgan fingerprint density at radius 1 is 1.48 bits per heavy atom. The molecule has 1 heterocycles. The zero-order valence-corrected chi connectivity index (χ0v) is 13.4. The number of benzene rings is 1. The van der Waals surface area contributed by atoms with E-state index >= 15 is 0 Å². The average Bonchev–Trinajstić information content (AvgIpc) is 3.30. The number of hydrogen-bond donors (Lipinski definition) is 2. The first-order valence-electron chi connectivity index (χ1n) is 7.40. The number of thioether (sulfide) groups is 1. The van der Waals surface area contributed by atoms with E-state index < -0.39 is 0 Å². The van der Waals surface area contributed by atoms with Crippen LogP contribution in [0, 0.1) is 5.82 Å². The van der Waals surface area contributed by atoms with Gasteiger partial charge < -0.3 is 5.32 Å². The smallest absolute Gasteiger partial charge is 0.344 e. The van der Waals surface area contributed by atoms with E-state index in [2.05, 4.69) is 15.5 Å². The lowest BCUT2D eigenvalue weighted by atomic mass is 10.2. The highest BCUT2D eigenvalue weighted by Gasteiger charge is 2.30. The molecule has 3 rings (SSSR count). The minimum Gasteiger partial charge on any atom is -0.351 e. The van der Waals surface area contributed by atoms with E-state index in [0.29, 0.717) is 11.7 Å². The third kappa shape index (κ3) is 3.82. The summed E-state index contributed by atoms with van der Waals surface area (Å²) < 4.78 is 14.5. The Hall–Kier alpha value is -2.09. The fourth-order valence-corrected chi connectivity index (χ4v) is 3.13. The van der Waals surface area contributed by atoms with Crippen molar-refractivity contribution in [2.24, 2.45) is 0 Å². The zero-order valence-electron chi connectivity index (χ0n) is 12.6. The van der Waals surface area contributed by atoms with Crippen LogP contribution >= 0.6 is 11.8 Å². The third-order valence-electron chi connectivity index (χ3n) is 3.62. The first-order chi connectivity index (χ1) is 11.0. The largest absolute Gasteiger partial charge is 0.351 e. The number of amides is 1. The van der Waals surface area contributed by atoms with Crippen molar-refractivity contribution in [2.75, 3.05) is 0 Å². The summed E-state index contributed by atoms with van der Waals surface area (Å²) in [5.74, 6) is -0.460. The number of halogens is 1. The van der Waals surface area contributed by atoms with Crippen molar-refractivity contribution in [2.45, 2.75) is 42.8 Å². The van der Waals surface area contributed by atoms with Crippen LogP contribution in [0.3, 0.4) is 0 Å². The molecule has 0 unspecified atom stereocenters. The van der Waals surface area contributed by atoms with Crippen LogP contribution in [0.15, 0.2) is 34.2 Å². The summed E-state index contributed by atoms with van der Waals surface area (Å²) in [7, 11) is 0. The maximum absolute atomic E-state index is 12.8. The van der Waals surface area contributed by atoms with Crippen LogP contribution in [0.2, 0.25) is 0 Å². The summed E-state index contributed by atoms with van der Waals surface area (Å²) in [6.07, 6.45) is 1.94. The SMILES string of the molecule is C[C@H](Sc1n[nH]c(=O)n1C1CC1)C(=O)NCc1ccc(F)cc1. The summed E-state index contributed by atoms with van der Waals surface area (Å²) >= 11 is 1.25. The predicted octanol–water partition coefficient (Wildman–Crippen LogP) is 1.84. The number of H-pyrrole nitrogens is 1. The molecule has 1 amide bonds. The average molecular weight is 336 g/mol. The molecule has 6 nitrogen and oxygen atoms in total. The van der Waals surface area contributed by atoms with Gasteiger partial charge in [0.2, 0.25) is 5.91 Å². The zero-order chi connectivity index (χ0) is 16.4. The Bertz CT molecular complexity index is 752. The van der Waals surface area contributed by atoms with Gasteiger partial charge in [-0.1, -0.05) is 23.9 Å². The van der Waals surface area contributed by atoms with Crippen LogP contribution in [0.4, 0.5) is 4.39 Å². The first kappa shape index (κ1) is 15.8. The molecule has 2 aromatic rings. The Kier molecular flexibility index (Phi) is 4.51. The van der Waals surface area contributed by atoms with Gasteiger partial charge >= 0.3 is 5.69 Å². The molecule has 0 radical (unpaired) electrons. The number of hydrogen-bond acceptors (Lipinski definition) is 4. The van der Waals surface area contributed by atoms with Gasteiger partial charge in [0, 0.05) is 12.6 Å². The minimum absolute atomic E-state index is 0.155. The van der Waals surface area contributed by atoms with Gasteiger partial charge in [-0.25, -0.2) is 14.3 Å². The molecule has 0 saturated heterocycles. The summed E-state index contributed by atoms with van der Waals surface area (Å²) in [6, 6.07) is 6.19. The van der Waals surface area contributed by atoms with Crippen molar-refractivity contribution in [3.8, 4) is 0 Å².